The van der Waals surface area contributed by atoms with Crippen LogP contribution in [0.4, 0.5) is 0 Å². The molecule has 0 fully saturated rings. The van der Waals surface area contributed by atoms with Gasteiger partial charge < -0.3 is 0 Å². The molecule has 0 radical (unpaired) electrons. The summed E-state index contributed by atoms with van der Waals surface area (Å²) in [5.74, 6) is 0.323. The van der Waals surface area contributed by atoms with Gasteiger partial charge in [-0.05, 0) is 52.5 Å². The van der Waals surface area contributed by atoms with Crippen molar-refractivity contribution in [3.05, 3.63) is 68.3 Å². The minimum absolute atomic E-state index is 0.323. The second-order valence-electron chi connectivity index (χ2n) is 6.34. The number of allylic oxidation sites excluding steroid dienone is 12. The quantitative estimate of drug-likeness (QED) is 0.518. The van der Waals surface area contributed by atoms with Crippen molar-refractivity contribution < 1.29 is 0 Å². The van der Waals surface area contributed by atoms with Crippen molar-refractivity contribution in [1.82, 2.24) is 0 Å². The van der Waals surface area contributed by atoms with Gasteiger partial charge in [0.05, 0.1) is 10.1 Å². The fourth-order valence-electron chi connectivity index (χ4n) is 3.70. The highest BCUT2D eigenvalue weighted by Crippen LogP contribution is 2.45. The van der Waals surface area contributed by atoms with Crippen LogP contribution in [0.2, 0.25) is 13.1 Å². The van der Waals surface area contributed by atoms with E-state index in [0.717, 1.165) is 11.5 Å². The molecule has 0 saturated carbocycles. The summed E-state index contributed by atoms with van der Waals surface area (Å²) < 4.78 is 0. The van der Waals surface area contributed by atoms with E-state index >= 15 is 0 Å². The highest BCUT2D eigenvalue weighted by Gasteiger charge is 2.31. The molecule has 3 aliphatic carbocycles. The largest absolute Gasteiger partial charge is 0.0828 e. The lowest BCUT2D eigenvalue weighted by atomic mass is 9.87. The molecule has 1 atom stereocenters. The van der Waals surface area contributed by atoms with Gasteiger partial charge in [0.2, 0.25) is 0 Å². The average molecular weight is 347 g/mol. The maximum absolute atomic E-state index is 6.60. The molecule has 114 valence electrons. The van der Waals surface area contributed by atoms with Gasteiger partial charge in [-0.2, -0.15) is 0 Å². The fourth-order valence-corrected chi connectivity index (χ4v) is 6.37. The minimum Gasteiger partial charge on any atom is -0.0828 e. The molecule has 3 rings (SSSR count). The SMILES string of the molecule is CC1=CC2=CC(Cl)=C(Cl)C(=[Si](C)C)C(C)C2=C1C1=CC=CC1. The normalized spacial score (nSPS) is 24.4. The summed E-state index contributed by atoms with van der Waals surface area (Å²) in [4.78, 5) is 0. The maximum Gasteiger partial charge on any atom is 0.0597 e. The Kier molecular flexibility index (Phi) is 4.33. The second-order valence-corrected chi connectivity index (χ2v) is 9.66. The Morgan fingerprint density at radius 1 is 1.18 bits per heavy atom. The van der Waals surface area contributed by atoms with Crippen LogP contribution in [-0.2, 0) is 0 Å². The Hall–Kier alpha value is -0.893. The molecule has 0 nitrogen and oxygen atoms in total. The molecular formula is C19H20Cl2Si. The van der Waals surface area contributed by atoms with Gasteiger partial charge in [0.25, 0.3) is 0 Å². The van der Waals surface area contributed by atoms with E-state index in [4.69, 9.17) is 23.2 Å². The van der Waals surface area contributed by atoms with Crippen molar-refractivity contribution in [2.24, 2.45) is 5.92 Å². The summed E-state index contributed by atoms with van der Waals surface area (Å²) in [6, 6.07) is 0. The lowest BCUT2D eigenvalue weighted by molar-refractivity contribution is 0.942. The lowest BCUT2D eigenvalue weighted by Gasteiger charge is -2.21. The topological polar surface area (TPSA) is 0 Å². The average Bonchev–Trinajstić information content (AvgIpc) is 3.03. The highest BCUT2D eigenvalue weighted by molar-refractivity contribution is 6.77. The highest BCUT2D eigenvalue weighted by atomic mass is 35.5. The summed E-state index contributed by atoms with van der Waals surface area (Å²) in [5.41, 5.74) is 6.79. The molecule has 22 heavy (non-hydrogen) atoms. The van der Waals surface area contributed by atoms with E-state index in [1.165, 1.54) is 33.0 Å². The number of fused-ring (bicyclic) bond motifs is 1. The molecule has 0 aliphatic heterocycles. The Bertz CT molecular complexity index is 763. The summed E-state index contributed by atoms with van der Waals surface area (Å²) in [6.45, 7) is 9.07. The zero-order chi connectivity index (χ0) is 16.0. The van der Waals surface area contributed by atoms with Crippen LogP contribution in [-0.4, -0.2) is 13.6 Å². The molecule has 0 saturated heterocycles. The fraction of sp³-hybridized carbons (Fsp3) is 0.316. The Morgan fingerprint density at radius 3 is 2.50 bits per heavy atom. The van der Waals surface area contributed by atoms with Gasteiger partial charge in [-0.25, -0.2) is 0 Å². The van der Waals surface area contributed by atoms with Gasteiger partial charge in [0.15, 0.2) is 0 Å². The predicted octanol–water partition coefficient (Wildman–Crippen LogP) is 5.90. The third-order valence-corrected chi connectivity index (χ3v) is 7.29. The van der Waals surface area contributed by atoms with Crippen molar-refractivity contribution in [2.75, 3.05) is 0 Å². The Labute approximate surface area is 144 Å². The van der Waals surface area contributed by atoms with E-state index in [0.29, 0.717) is 11.0 Å². The molecule has 0 spiro atoms. The van der Waals surface area contributed by atoms with E-state index in [-0.39, 0.29) is 0 Å². The standard InChI is InChI=1S/C19H20Cl2Si/c1-11-9-14-10-15(20)18(21)19(22(3)4)12(2)17(14)16(11)13-7-5-6-8-13/h5-7,9-10,12H,8H2,1-4H3. The number of hydrogen-bond acceptors (Lipinski definition) is 0. The molecule has 0 heterocycles. The van der Waals surface area contributed by atoms with Crippen LogP contribution in [0.25, 0.3) is 0 Å². The first-order valence-electron chi connectivity index (χ1n) is 7.65. The molecule has 0 bridgehead atoms. The first-order valence-corrected chi connectivity index (χ1v) is 10.9. The maximum atomic E-state index is 6.60. The van der Waals surface area contributed by atoms with Crippen LogP contribution in [0.3, 0.4) is 0 Å². The molecule has 0 amide bonds. The predicted molar refractivity (Wildman–Crippen MR) is 101 cm³/mol. The molecule has 1 unspecified atom stereocenters. The molecule has 0 N–H and O–H groups in total. The summed E-state index contributed by atoms with van der Waals surface area (Å²) in [6.07, 6.45) is 11.9. The number of halogens is 2. The van der Waals surface area contributed by atoms with Gasteiger partial charge in [0, 0.05) is 14.3 Å². The molecule has 3 aliphatic rings. The summed E-state index contributed by atoms with van der Waals surface area (Å²) >= 11 is 13.1. The second kappa shape index (κ2) is 5.96. The zero-order valence-electron chi connectivity index (χ0n) is 13.4. The summed E-state index contributed by atoms with van der Waals surface area (Å²) in [5, 5.41) is 2.79. The third kappa shape index (κ3) is 2.50. The molecular weight excluding hydrogens is 327 g/mol. The van der Waals surface area contributed by atoms with Gasteiger partial charge in [0.1, 0.15) is 0 Å². The van der Waals surface area contributed by atoms with Gasteiger partial charge >= 0.3 is 0 Å². The van der Waals surface area contributed by atoms with Crippen LogP contribution < -0.4 is 0 Å². The first-order chi connectivity index (χ1) is 10.4. The monoisotopic (exact) mass is 346 g/mol. The van der Waals surface area contributed by atoms with Gasteiger partial charge in [-0.15, -0.1) is 0 Å². The number of rotatable bonds is 1. The van der Waals surface area contributed by atoms with Gasteiger partial charge in [-0.1, -0.05) is 67.5 Å². The van der Waals surface area contributed by atoms with Crippen molar-refractivity contribution in [2.45, 2.75) is 33.4 Å². The van der Waals surface area contributed by atoms with Crippen molar-refractivity contribution in [1.29, 1.82) is 0 Å². The van der Waals surface area contributed by atoms with Crippen LogP contribution in [0, 0.1) is 5.92 Å². The van der Waals surface area contributed by atoms with Crippen molar-refractivity contribution in [3.8, 4) is 0 Å². The zero-order valence-corrected chi connectivity index (χ0v) is 15.9. The van der Waals surface area contributed by atoms with Crippen LogP contribution in [0.5, 0.6) is 0 Å². The summed E-state index contributed by atoms with van der Waals surface area (Å²) in [7, 11) is -0.672. The molecule has 3 heteroatoms. The molecule has 0 aromatic rings. The van der Waals surface area contributed by atoms with E-state index < -0.39 is 8.41 Å². The molecule has 0 aromatic heterocycles. The van der Waals surface area contributed by atoms with E-state index in [2.05, 4.69) is 51.2 Å². The van der Waals surface area contributed by atoms with E-state index in [9.17, 15) is 0 Å². The smallest absolute Gasteiger partial charge is 0.0597 e. The van der Waals surface area contributed by atoms with Crippen molar-refractivity contribution >= 4 is 36.8 Å². The number of hydrogen-bond donors (Lipinski definition) is 0. The minimum atomic E-state index is -0.672. The van der Waals surface area contributed by atoms with Crippen LogP contribution in [0.1, 0.15) is 20.3 Å². The third-order valence-electron chi connectivity index (χ3n) is 4.57. The van der Waals surface area contributed by atoms with Crippen LogP contribution in [0.15, 0.2) is 68.3 Å². The van der Waals surface area contributed by atoms with E-state index in [1.54, 1.807) is 0 Å². The Balaban J connectivity index is 2.26. The van der Waals surface area contributed by atoms with Gasteiger partial charge in [-0.3, -0.25) is 0 Å². The van der Waals surface area contributed by atoms with Crippen LogP contribution >= 0.6 is 23.2 Å². The Morgan fingerprint density at radius 2 is 1.91 bits per heavy atom. The first kappa shape index (κ1) is 16.0. The molecule has 0 aromatic carbocycles. The van der Waals surface area contributed by atoms with E-state index in [1.807, 2.05) is 6.08 Å². The van der Waals surface area contributed by atoms with Crippen molar-refractivity contribution in [3.63, 3.8) is 0 Å². The lowest BCUT2D eigenvalue weighted by Crippen LogP contribution is -2.21.